The van der Waals surface area contributed by atoms with E-state index in [4.69, 9.17) is 26.4 Å². The molecule has 1 aliphatic rings. The van der Waals surface area contributed by atoms with Crippen LogP contribution in [0.5, 0.6) is 11.5 Å². The maximum absolute atomic E-state index is 11.0. The fourth-order valence-electron chi connectivity index (χ4n) is 2.22. The normalized spacial score (nSPS) is 16.8. The van der Waals surface area contributed by atoms with Crippen LogP contribution in [0.25, 0.3) is 0 Å². The molecule has 1 aromatic rings. The Morgan fingerprint density at radius 2 is 2.33 bits per heavy atom. The predicted molar refractivity (Wildman–Crippen MR) is 94.6 cm³/mol. The van der Waals surface area contributed by atoms with Gasteiger partial charge in [-0.2, -0.15) is 5.10 Å². The Labute approximate surface area is 146 Å². The highest BCUT2D eigenvalue weighted by molar-refractivity contribution is 7.80. The molecule has 0 bridgehead atoms. The lowest BCUT2D eigenvalue weighted by Crippen LogP contribution is -2.37. The number of nitrogens with zero attached hydrogens (tertiary/aromatic N) is 1. The van der Waals surface area contributed by atoms with Gasteiger partial charge in [0.15, 0.2) is 16.6 Å². The van der Waals surface area contributed by atoms with Crippen molar-refractivity contribution in [3.05, 3.63) is 23.8 Å². The zero-order valence-corrected chi connectivity index (χ0v) is 14.5. The van der Waals surface area contributed by atoms with Crippen molar-refractivity contribution in [1.82, 2.24) is 10.7 Å². The monoisotopic (exact) mass is 351 g/mol. The van der Waals surface area contributed by atoms with E-state index in [-0.39, 0.29) is 6.10 Å². The average Bonchev–Trinajstić information content (AvgIpc) is 3.07. The molecule has 24 heavy (non-hydrogen) atoms. The third kappa shape index (κ3) is 5.78. The summed E-state index contributed by atoms with van der Waals surface area (Å²) in [7, 11) is 1.51. The summed E-state index contributed by atoms with van der Waals surface area (Å²) in [6.45, 7) is 2.82. The van der Waals surface area contributed by atoms with Gasteiger partial charge < -0.3 is 19.5 Å². The molecule has 0 radical (unpaired) electrons. The van der Waals surface area contributed by atoms with Crippen LogP contribution in [-0.4, -0.2) is 43.7 Å². The van der Waals surface area contributed by atoms with Gasteiger partial charge in [-0.15, -0.1) is 0 Å². The molecule has 1 fully saturated rings. The zero-order chi connectivity index (χ0) is 17.4. The number of carbonyl (C=O) groups is 1. The van der Waals surface area contributed by atoms with Crippen LogP contribution in [0, 0.1) is 0 Å². The van der Waals surface area contributed by atoms with Gasteiger partial charge in [-0.1, -0.05) is 0 Å². The number of carbonyl (C=O) groups excluding carboxylic acids is 1. The maximum Gasteiger partial charge on any atom is 0.308 e. The summed E-state index contributed by atoms with van der Waals surface area (Å²) in [5.41, 5.74) is 3.52. The number of rotatable bonds is 6. The molecule has 1 saturated heterocycles. The van der Waals surface area contributed by atoms with Crippen molar-refractivity contribution in [3.63, 3.8) is 0 Å². The van der Waals surface area contributed by atoms with Crippen molar-refractivity contribution in [1.29, 1.82) is 0 Å². The highest BCUT2D eigenvalue weighted by Gasteiger charge is 2.15. The van der Waals surface area contributed by atoms with Crippen LogP contribution in [-0.2, 0) is 9.53 Å². The minimum Gasteiger partial charge on any atom is -0.493 e. The van der Waals surface area contributed by atoms with E-state index < -0.39 is 5.97 Å². The molecule has 8 heteroatoms. The van der Waals surface area contributed by atoms with Crippen molar-refractivity contribution >= 4 is 29.5 Å². The number of methoxy groups -OCH3 is 1. The van der Waals surface area contributed by atoms with Crippen molar-refractivity contribution in [3.8, 4) is 11.5 Å². The number of benzene rings is 1. The van der Waals surface area contributed by atoms with Gasteiger partial charge in [-0.25, -0.2) is 0 Å². The lowest BCUT2D eigenvalue weighted by atomic mass is 10.2. The molecular weight excluding hydrogens is 330 g/mol. The van der Waals surface area contributed by atoms with E-state index in [2.05, 4.69) is 15.8 Å². The predicted octanol–water partition coefficient (Wildman–Crippen LogP) is 1.60. The first-order valence-corrected chi connectivity index (χ1v) is 8.04. The Morgan fingerprint density at radius 1 is 1.50 bits per heavy atom. The van der Waals surface area contributed by atoms with E-state index in [9.17, 15) is 4.79 Å². The Kier molecular flexibility index (Phi) is 6.95. The van der Waals surface area contributed by atoms with Crippen molar-refractivity contribution in [2.24, 2.45) is 5.10 Å². The van der Waals surface area contributed by atoms with E-state index >= 15 is 0 Å². The minimum atomic E-state index is -0.404. The van der Waals surface area contributed by atoms with E-state index in [1.807, 2.05) is 0 Å². The fourth-order valence-corrected chi connectivity index (χ4v) is 2.36. The first-order chi connectivity index (χ1) is 11.6. The summed E-state index contributed by atoms with van der Waals surface area (Å²) >= 11 is 5.15. The molecule has 0 spiro atoms. The quantitative estimate of drug-likeness (QED) is 0.265. The van der Waals surface area contributed by atoms with E-state index in [0.29, 0.717) is 23.2 Å². The lowest BCUT2D eigenvalue weighted by Gasteiger charge is -2.11. The Hall–Kier alpha value is -2.19. The van der Waals surface area contributed by atoms with E-state index in [0.717, 1.165) is 25.0 Å². The number of hydrogen-bond acceptors (Lipinski definition) is 6. The smallest absolute Gasteiger partial charge is 0.308 e. The summed E-state index contributed by atoms with van der Waals surface area (Å²) in [5, 5.41) is 7.57. The minimum absolute atomic E-state index is 0.215. The number of esters is 1. The Bertz CT molecular complexity index is 615. The van der Waals surface area contributed by atoms with Gasteiger partial charge >= 0.3 is 5.97 Å². The van der Waals surface area contributed by atoms with Crippen LogP contribution in [0.4, 0.5) is 0 Å². The molecule has 0 saturated carbocycles. The van der Waals surface area contributed by atoms with Crippen LogP contribution < -0.4 is 20.2 Å². The number of ether oxygens (including phenoxy) is 3. The molecule has 0 aromatic heterocycles. The fraction of sp³-hybridized carbons (Fsp3) is 0.438. The zero-order valence-electron chi connectivity index (χ0n) is 13.7. The molecule has 1 atom stereocenters. The van der Waals surface area contributed by atoms with Crippen molar-refractivity contribution in [2.45, 2.75) is 25.9 Å². The van der Waals surface area contributed by atoms with Gasteiger partial charge in [0.05, 0.1) is 19.4 Å². The van der Waals surface area contributed by atoms with Crippen molar-refractivity contribution in [2.75, 3.05) is 20.3 Å². The van der Waals surface area contributed by atoms with Gasteiger partial charge in [0.25, 0.3) is 0 Å². The van der Waals surface area contributed by atoms with E-state index in [1.54, 1.807) is 24.4 Å². The molecule has 1 aliphatic heterocycles. The summed E-state index contributed by atoms with van der Waals surface area (Å²) in [4.78, 5) is 11.0. The largest absolute Gasteiger partial charge is 0.493 e. The van der Waals surface area contributed by atoms with Gasteiger partial charge in [-0.05, 0) is 48.8 Å². The van der Waals surface area contributed by atoms with Crippen LogP contribution in [0.1, 0.15) is 25.3 Å². The van der Waals surface area contributed by atoms with Crippen LogP contribution >= 0.6 is 12.2 Å². The molecule has 2 rings (SSSR count). The first kappa shape index (κ1) is 18.2. The second-order valence-electron chi connectivity index (χ2n) is 5.22. The molecule has 0 amide bonds. The Morgan fingerprint density at radius 3 is 3.00 bits per heavy atom. The van der Waals surface area contributed by atoms with Gasteiger partial charge in [-0.3, -0.25) is 10.2 Å². The second-order valence-corrected chi connectivity index (χ2v) is 5.63. The summed E-state index contributed by atoms with van der Waals surface area (Å²) in [6, 6.07) is 5.12. The number of hydrazone groups is 1. The summed E-state index contributed by atoms with van der Waals surface area (Å²) < 4.78 is 15.7. The van der Waals surface area contributed by atoms with Crippen LogP contribution in [0.15, 0.2) is 23.3 Å². The topological polar surface area (TPSA) is 81.2 Å². The lowest BCUT2D eigenvalue weighted by molar-refractivity contribution is -0.132. The second kappa shape index (κ2) is 9.19. The van der Waals surface area contributed by atoms with Crippen LogP contribution in [0.2, 0.25) is 0 Å². The first-order valence-electron chi connectivity index (χ1n) is 7.63. The number of thiocarbonyl (C=S) groups is 1. The summed E-state index contributed by atoms with van der Waals surface area (Å²) in [6.07, 6.45) is 3.95. The molecule has 130 valence electrons. The molecular formula is C16H21N3O4S. The third-order valence-corrected chi connectivity index (χ3v) is 3.57. The summed E-state index contributed by atoms with van der Waals surface area (Å²) in [5.74, 6) is 0.413. The molecule has 7 nitrogen and oxygen atoms in total. The van der Waals surface area contributed by atoms with Crippen molar-refractivity contribution < 1.29 is 19.0 Å². The van der Waals surface area contributed by atoms with Gasteiger partial charge in [0, 0.05) is 20.1 Å². The third-order valence-electron chi connectivity index (χ3n) is 3.34. The highest BCUT2D eigenvalue weighted by Crippen LogP contribution is 2.27. The highest BCUT2D eigenvalue weighted by atomic mass is 32.1. The molecule has 2 N–H and O–H groups in total. The molecule has 0 unspecified atom stereocenters. The average molecular weight is 351 g/mol. The Balaban J connectivity index is 1.84. The van der Waals surface area contributed by atoms with Crippen LogP contribution in [0.3, 0.4) is 0 Å². The van der Waals surface area contributed by atoms with E-state index in [1.165, 1.54) is 14.0 Å². The standard InChI is InChI=1S/C16H21N3O4S/c1-11(20)23-14-6-5-12(8-15(14)21-2)9-18-19-16(24)17-10-13-4-3-7-22-13/h5-6,8-9,13H,3-4,7,10H2,1-2H3,(H2,17,19,24)/b18-9-/t13-/m1/s1. The number of hydrogen-bond donors (Lipinski definition) is 2. The van der Waals surface area contributed by atoms with Gasteiger partial charge in [0.2, 0.25) is 0 Å². The number of nitrogens with one attached hydrogen (secondary N) is 2. The molecule has 0 aliphatic carbocycles. The van der Waals surface area contributed by atoms with Gasteiger partial charge in [0.1, 0.15) is 0 Å². The molecule has 1 aromatic carbocycles. The molecule has 1 heterocycles. The maximum atomic E-state index is 11.0. The SMILES string of the molecule is COc1cc(/C=N\NC(=S)NC[C@H]2CCCO2)ccc1OC(C)=O.